The predicted molar refractivity (Wildman–Crippen MR) is 53.2 cm³/mol. The lowest BCUT2D eigenvalue weighted by Gasteiger charge is -2.06. The zero-order valence-electron chi connectivity index (χ0n) is 8.40. The molecule has 0 spiro atoms. The van der Waals surface area contributed by atoms with E-state index in [1.807, 2.05) is 0 Å². The van der Waals surface area contributed by atoms with Gasteiger partial charge in [0.25, 0.3) is 0 Å². The minimum Gasteiger partial charge on any atom is -0.508 e. The molecule has 0 aliphatic rings. The van der Waals surface area contributed by atoms with Gasteiger partial charge < -0.3 is 10.2 Å². The molecule has 0 aliphatic carbocycles. The van der Waals surface area contributed by atoms with Crippen molar-refractivity contribution < 1.29 is 19.4 Å². The maximum Gasteiger partial charge on any atom is 0.306 e. The van der Waals surface area contributed by atoms with E-state index >= 15 is 0 Å². The normalized spacial score (nSPS) is 12.4. The lowest BCUT2D eigenvalue weighted by molar-refractivity contribution is -0.141. The molecule has 0 saturated heterocycles. The van der Waals surface area contributed by atoms with E-state index in [0.29, 0.717) is 18.4 Å². The number of hydrogen-bond donors (Lipinski definition) is 2. The van der Waals surface area contributed by atoms with Crippen LogP contribution in [0.5, 0.6) is 5.75 Å². The van der Waals surface area contributed by atoms with E-state index in [1.54, 1.807) is 6.92 Å². The number of phenolic OH excluding ortho intramolecular Hbond substituents is 1. The van der Waals surface area contributed by atoms with Crippen molar-refractivity contribution in [2.24, 2.45) is 5.92 Å². The van der Waals surface area contributed by atoms with E-state index < -0.39 is 17.7 Å². The van der Waals surface area contributed by atoms with Crippen LogP contribution in [0.1, 0.15) is 18.9 Å². The van der Waals surface area contributed by atoms with Gasteiger partial charge in [-0.05, 0) is 24.5 Å². The molecule has 1 atom stereocenters. The average molecular weight is 212 g/mol. The molecule has 0 amide bonds. The Kier molecular flexibility index (Phi) is 3.66. The highest BCUT2D eigenvalue weighted by Crippen LogP contribution is 2.18. The number of carbonyl (C=O) groups is 1. The summed E-state index contributed by atoms with van der Waals surface area (Å²) in [5.41, 5.74) is 0.431. The van der Waals surface area contributed by atoms with Gasteiger partial charge in [0.2, 0.25) is 0 Å². The molecule has 0 saturated carbocycles. The first-order chi connectivity index (χ1) is 7.00. The summed E-state index contributed by atoms with van der Waals surface area (Å²) in [6, 6.07) is 3.89. The highest BCUT2D eigenvalue weighted by atomic mass is 19.1. The smallest absolute Gasteiger partial charge is 0.306 e. The van der Waals surface area contributed by atoms with E-state index in [-0.39, 0.29) is 5.75 Å². The van der Waals surface area contributed by atoms with Crippen LogP contribution in [0, 0.1) is 11.7 Å². The second-order valence-electron chi connectivity index (χ2n) is 3.55. The van der Waals surface area contributed by atoms with Crippen LogP contribution in [-0.2, 0) is 11.2 Å². The van der Waals surface area contributed by atoms with E-state index in [2.05, 4.69) is 0 Å². The van der Waals surface area contributed by atoms with Gasteiger partial charge in [-0.1, -0.05) is 13.0 Å². The van der Waals surface area contributed by atoms with Gasteiger partial charge in [0.05, 0.1) is 5.92 Å². The largest absolute Gasteiger partial charge is 0.508 e. The topological polar surface area (TPSA) is 57.5 Å². The van der Waals surface area contributed by atoms with Gasteiger partial charge in [0, 0.05) is 6.07 Å². The molecule has 0 fully saturated rings. The standard InChI is InChI=1S/C11H13FO3/c1-7(11(14)15)2-3-8-4-5-9(13)6-10(8)12/h4-7,13H,2-3H2,1H3,(H,14,15). The Labute approximate surface area is 87.2 Å². The third-order valence-corrected chi connectivity index (χ3v) is 2.30. The predicted octanol–water partition coefficient (Wildman–Crippen LogP) is 2.18. The minimum absolute atomic E-state index is 0.123. The van der Waals surface area contributed by atoms with Crippen LogP contribution in [0.2, 0.25) is 0 Å². The maximum atomic E-state index is 13.2. The Hall–Kier alpha value is -1.58. The highest BCUT2D eigenvalue weighted by Gasteiger charge is 2.12. The molecule has 15 heavy (non-hydrogen) atoms. The molecule has 3 nitrogen and oxygen atoms in total. The molecule has 1 rings (SSSR count). The van der Waals surface area contributed by atoms with Gasteiger partial charge in [0.1, 0.15) is 11.6 Å². The van der Waals surface area contributed by atoms with Crippen LogP contribution in [0.25, 0.3) is 0 Å². The number of benzene rings is 1. The van der Waals surface area contributed by atoms with Gasteiger partial charge in [-0.25, -0.2) is 4.39 Å². The van der Waals surface area contributed by atoms with Crippen LogP contribution in [0.3, 0.4) is 0 Å². The molecule has 0 radical (unpaired) electrons. The van der Waals surface area contributed by atoms with E-state index in [4.69, 9.17) is 10.2 Å². The first-order valence-electron chi connectivity index (χ1n) is 4.71. The summed E-state index contributed by atoms with van der Waals surface area (Å²) in [5.74, 6) is -1.98. The van der Waals surface area contributed by atoms with Crippen molar-refractivity contribution in [3.63, 3.8) is 0 Å². The van der Waals surface area contributed by atoms with Crippen molar-refractivity contribution in [3.05, 3.63) is 29.6 Å². The van der Waals surface area contributed by atoms with Gasteiger partial charge in [-0.2, -0.15) is 0 Å². The van der Waals surface area contributed by atoms with Crippen molar-refractivity contribution in [1.82, 2.24) is 0 Å². The first-order valence-corrected chi connectivity index (χ1v) is 4.71. The Morgan fingerprint density at radius 1 is 1.53 bits per heavy atom. The molecular formula is C11H13FO3. The molecule has 1 unspecified atom stereocenters. The van der Waals surface area contributed by atoms with E-state index in [9.17, 15) is 9.18 Å². The second-order valence-corrected chi connectivity index (χ2v) is 3.55. The highest BCUT2D eigenvalue weighted by molar-refractivity contribution is 5.69. The lowest BCUT2D eigenvalue weighted by Crippen LogP contribution is -2.10. The molecule has 4 heteroatoms. The number of aliphatic carboxylic acids is 1. The number of halogens is 1. The third-order valence-electron chi connectivity index (χ3n) is 2.30. The van der Waals surface area contributed by atoms with Crippen LogP contribution in [0.15, 0.2) is 18.2 Å². The maximum absolute atomic E-state index is 13.2. The number of hydrogen-bond acceptors (Lipinski definition) is 2. The summed E-state index contributed by atoms with van der Waals surface area (Å²) in [6.45, 7) is 1.58. The average Bonchev–Trinajstić information content (AvgIpc) is 2.15. The van der Waals surface area contributed by atoms with Crippen LogP contribution >= 0.6 is 0 Å². The summed E-state index contributed by atoms with van der Waals surface area (Å²) in [7, 11) is 0. The van der Waals surface area contributed by atoms with Crippen LogP contribution in [0.4, 0.5) is 4.39 Å². The molecule has 1 aromatic carbocycles. The molecule has 2 N–H and O–H groups in total. The number of carboxylic acids is 1. The SMILES string of the molecule is CC(CCc1ccc(O)cc1F)C(=O)O. The monoisotopic (exact) mass is 212 g/mol. The van der Waals surface area contributed by atoms with E-state index in [1.165, 1.54) is 12.1 Å². The Morgan fingerprint density at radius 2 is 2.20 bits per heavy atom. The minimum atomic E-state index is -0.880. The summed E-state index contributed by atoms with van der Waals surface area (Å²) in [5, 5.41) is 17.6. The summed E-state index contributed by atoms with van der Waals surface area (Å²) < 4.78 is 13.2. The first kappa shape index (κ1) is 11.5. The zero-order valence-corrected chi connectivity index (χ0v) is 8.40. The van der Waals surface area contributed by atoms with Gasteiger partial charge in [0.15, 0.2) is 0 Å². The Balaban J connectivity index is 2.62. The Morgan fingerprint density at radius 3 is 2.73 bits per heavy atom. The number of phenols is 1. The van der Waals surface area contributed by atoms with Crippen molar-refractivity contribution in [1.29, 1.82) is 0 Å². The number of carboxylic acid groups (broad SMARTS) is 1. The fraction of sp³-hybridized carbons (Fsp3) is 0.364. The number of rotatable bonds is 4. The quantitative estimate of drug-likeness (QED) is 0.804. The number of aryl methyl sites for hydroxylation is 1. The molecular weight excluding hydrogens is 199 g/mol. The molecule has 0 heterocycles. The third kappa shape index (κ3) is 3.23. The van der Waals surface area contributed by atoms with Crippen molar-refractivity contribution in [2.75, 3.05) is 0 Å². The van der Waals surface area contributed by atoms with Gasteiger partial charge in [-0.15, -0.1) is 0 Å². The summed E-state index contributed by atoms with van der Waals surface area (Å²) >= 11 is 0. The van der Waals surface area contributed by atoms with E-state index in [0.717, 1.165) is 6.07 Å². The van der Waals surface area contributed by atoms with Crippen LogP contribution < -0.4 is 0 Å². The van der Waals surface area contributed by atoms with Crippen molar-refractivity contribution in [3.8, 4) is 5.75 Å². The molecule has 82 valence electrons. The summed E-state index contributed by atoms with van der Waals surface area (Å²) in [4.78, 5) is 10.5. The fourth-order valence-electron chi connectivity index (χ4n) is 1.23. The molecule has 0 bridgehead atoms. The number of aromatic hydroxyl groups is 1. The molecule has 0 aromatic heterocycles. The lowest BCUT2D eigenvalue weighted by atomic mass is 10.0. The van der Waals surface area contributed by atoms with Crippen molar-refractivity contribution in [2.45, 2.75) is 19.8 Å². The summed E-state index contributed by atoms with van der Waals surface area (Å²) in [6.07, 6.45) is 0.747. The zero-order chi connectivity index (χ0) is 11.4. The van der Waals surface area contributed by atoms with Gasteiger partial charge in [-0.3, -0.25) is 4.79 Å². The van der Waals surface area contributed by atoms with Crippen molar-refractivity contribution >= 4 is 5.97 Å². The fourth-order valence-corrected chi connectivity index (χ4v) is 1.23. The molecule has 1 aromatic rings. The Bertz CT molecular complexity index is 363. The molecule has 0 aliphatic heterocycles. The van der Waals surface area contributed by atoms with Gasteiger partial charge >= 0.3 is 5.97 Å². The second kappa shape index (κ2) is 4.77. The van der Waals surface area contributed by atoms with Crippen LogP contribution in [-0.4, -0.2) is 16.2 Å².